The Kier molecular flexibility index (Phi) is 4.93. The molecule has 0 unspecified atom stereocenters. The normalized spacial score (nSPS) is 21.1. The molecule has 0 N–H and O–H groups in total. The van der Waals surface area contributed by atoms with Gasteiger partial charge in [0.2, 0.25) is 5.91 Å². The summed E-state index contributed by atoms with van der Waals surface area (Å²) >= 11 is 0. The van der Waals surface area contributed by atoms with Crippen LogP contribution in [0.2, 0.25) is 0 Å². The Bertz CT molecular complexity index is 477. The molecule has 1 aromatic heterocycles. The second kappa shape index (κ2) is 7.09. The lowest BCUT2D eigenvalue weighted by molar-refractivity contribution is -0.133. The summed E-state index contributed by atoms with van der Waals surface area (Å²) in [6, 6.07) is 6.02. The van der Waals surface area contributed by atoms with E-state index >= 15 is 0 Å². The highest BCUT2D eigenvalue weighted by molar-refractivity contribution is 5.78. The molecule has 2 fully saturated rings. The highest BCUT2D eigenvalue weighted by Gasteiger charge is 2.24. The fourth-order valence-electron chi connectivity index (χ4n) is 3.23. The molecule has 3 heterocycles. The van der Waals surface area contributed by atoms with Crippen molar-refractivity contribution in [3.8, 4) is 0 Å². The monoisotopic (exact) mass is 302 g/mol. The number of hydrogen-bond donors (Lipinski definition) is 0. The average molecular weight is 302 g/mol. The zero-order valence-corrected chi connectivity index (χ0v) is 13.4. The first-order chi connectivity index (χ1) is 10.7. The van der Waals surface area contributed by atoms with E-state index in [0.29, 0.717) is 12.5 Å². The number of piperidine rings is 1. The Balaban J connectivity index is 1.45. The molecule has 0 atom stereocenters. The van der Waals surface area contributed by atoms with E-state index in [1.807, 2.05) is 23.2 Å². The van der Waals surface area contributed by atoms with Gasteiger partial charge in [-0.25, -0.2) is 4.98 Å². The SMILES string of the molecule is CC1CCN(C(=O)CN2CCN(c3ccccn3)CC2)CC1. The molecule has 22 heavy (non-hydrogen) atoms. The highest BCUT2D eigenvalue weighted by Crippen LogP contribution is 2.17. The van der Waals surface area contributed by atoms with Gasteiger partial charge in [-0.2, -0.15) is 0 Å². The van der Waals surface area contributed by atoms with Crippen LogP contribution < -0.4 is 4.90 Å². The molecule has 0 radical (unpaired) electrons. The van der Waals surface area contributed by atoms with E-state index in [-0.39, 0.29) is 0 Å². The van der Waals surface area contributed by atoms with E-state index in [0.717, 1.165) is 63.8 Å². The predicted molar refractivity (Wildman–Crippen MR) is 87.9 cm³/mol. The third-order valence-corrected chi connectivity index (χ3v) is 4.84. The molecule has 1 amide bonds. The first kappa shape index (κ1) is 15.3. The smallest absolute Gasteiger partial charge is 0.236 e. The fraction of sp³-hybridized carbons (Fsp3) is 0.647. The van der Waals surface area contributed by atoms with Crippen LogP contribution >= 0.6 is 0 Å². The standard InChI is InChI=1S/C17H26N4O/c1-15-5-8-21(9-6-15)17(22)14-19-10-12-20(13-11-19)16-4-2-3-7-18-16/h2-4,7,15H,5-6,8-14H2,1H3. The topological polar surface area (TPSA) is 39.7 Å². The highest BCUT2D eigenvalue weighted by atomic mass is 16.2. The van der Waals surface area contributed by atoms with Gasteiger partial charge in [0.05, 0.1) is 6.54 Å². The molecule has 0 aliphatic carbocycles. The lowest BCUT2D eigenvalue weighted by atomic mass is 9.99. The van der Waals surface area contributed by atoms with Gasteiger partial charge in [-0.05, 0) is 30.9 Å². The van der Waals surface area contributed by atoms with Crippen molar-refractivity contribution in [2.45, 2.75) is 19.8 Å². The van der Waals surface area contributed by atoms with Gasteiger partial charge in [-0.3, -0.25) is 9.69 Å². The van der Waals surface area contributed by atoms with Gasteiger partial charge in [0, 0.05) is 45.5 Å². The Hall–Kier alpha value is -1.62. The second-order valence-electron chi connectivity index (χ2n) is 6.51. The minimum Gasteiger partial charge on any atom is -0.354 e. The van der Waals surface area contributed by atoms with Gasteiger partial charge in [0.25, 0.3) is 0 Å². The number of anilines is 1. The molecule has 120 valence electrons. The van der Waals surface area contributed by atoms with Crippen LogP contribution in [0.15, 0.2) is 24.4 Å². The molecule has 2 saturated heterocycles. The van der Waals surface area contributed by atoms with Crippen molar-refractivity contribution < 1.29 is 4.79 Å². The predicted octanol–water partition coefficient (Wildman–Crippen LogP) is 1.46. The summed E-state index contributed by atoms with van der Waals surface area (Å²) in [7, 11) is 0. The summed E-state index contributed by atoms with van der Waals surface area (Å²) in [6.07, 6.45) is 4.14. The van der Waals surface area contributed by atoms with E-state index in [1.54, 1.807) is 0 Å². The van der Waals surface area contributed by atoms with Crippen molar-refractivity contribution in [2.75, 3.05) is 50.7 Å². The molecule has 3 rings (SSSR count). The number of carbonyl (C=O) groups excluding carboxylic acids is 1. The van der Waals surface area contributed by atoms with Gasteiger partial charge in [-0.15, -0.1) is 0 Å². The maximum absolute atomic E-state index is 12.4. The molecular weight excluding hydrogens is 276 g/mol. The number of hydrogen-bond acceptors (Lipinski definition) is 4. The Labute approximate surface area is 132 Å². The molecule has 5 nitrogen and oxygen atoms in total. The van der Waals surface area contributed by atoms with E-state index in [4.69, 9.17) is 0 Å². The maximum Gasteiger partial charge on any atom is 0.236 e. The fourth-order valence-corrected chi connectivity index (χ4v) is 3.23. The molecule has 5 heteroatoms. The second-order valence-corrected chi connectivity index (χ2v) is 6.51. The van der Waals surface area contributed by atoms with Gasteiger partial charge < -0.3 is 9.80 Å². The first-order valence-corrected chi connectivity index (χ1v) is 8.38. The van der Waals surface area contributed by atoms with Crippen LogP contribution in [0.3, 0.4) is 0 Å². The van der Waals surface area contributed by atoms with Crippen molar-refractivity contribution in [3.05, 3.63) is 24.4 Å². The molecule has 2 aliphatic heterocycles. The zero-order chi connectivity index (χ0) is 15.4. The van der Waals surface area contributed by atoms with Gasteiger partial charge in [0.15, 0.2) is 0 Å². The molecule has 1 aromatic rings. The number of carbonyl (C=O) groups is 1. The van der Waals surface area contributed by atoms with Crippen LogP contribution in [-0.2, 0) is 4.79 Å². The Morgan fingerprint density at radius 2 is 1.86 bits per heavy atom. The number of likely N-dealkylation sites (tertiary alicyclic amines) is 1. The number of nitrogens with zero attached hydrogens (tertiary/aromatic N) is 4. The van der Waals surface area contributed by atoms with Gasteiger partial charge in [-0.1, -0.05) is 13.0 Å². The quantitative estimate of drug-likeness (QED) is 0.847. The summed E-state index contributed by atoms with van der Waals surface area (Å²) < 4.78 is 0. The molecule has 0 aromatic carbocycles. The summed E-state index contributed by atoms with van der Waals surface area (Å²) in [5.74, 6) is 2.11. The molecule has 0 bridgehead atoms. The lowest BCUT2D eigenvalue weighted by Crippen LogP contribution is -2.51. The number of rotatable bonds is 3. The molecule has 0 saturated carbocycles. The van der Waals surface area contributed by atoms with E-state index < -0.39 is 0 Å². The number of pyridine rings is 1. The third kappa shape index (κ3) is 3.77. The van der Waals surface area contributed by atoms with E-state index in [1.165, 1.54) is 0 Å². The average Bonchev–Trinajstić information content (AvgIpc) is 2.57. The summed E-state index contributed by atoms with van der Waals surface area (Å²) in [5, 5.41) is 0. The summed E-state index contributed by atoms with van der Waals surface area (Å²) in [6.45, 7) is 8.49. The molecular formula is C17H26N4O. The van der Waals surface area contributed by atoms with Crippen molar-refractivity contribution in [1.29, 1.82) is 0 Å². The Morgan fingerprint density at radius 1 is 1.14 bits per heavy atom. The van der Waals surface area contributed by atoms with Crippen molar-refractivity contribution in [3.63, 3.8) is 0 Å². The summed E-state index contributed by atoms with van der Waals surface area (Å²) in [4.78, 5) is 23.4. The van der Waals surface area contributed by atoms with Crippen LogP contribution in [0.1, 0.15) is 19.8 Å². The minimum atomic E-state index is 0.304. The van der Waals surface area contributed by atoms with Crippen LogP contribution in [0.4, 0.5) is 5.82 Å². The first-order valence-electron chi connectivity index (χ1n) is 8.38. The van der Waals surface area contributed by atoms with E-state index in [9.17, 15) is 4.79 Å². The number of aromatic nitrogens is 1. The van der Waals surface area contributed by atoms with Crippen LogP contribution in [0.25, 0.3) is 0 Å². The van der Waals surface area contributed by atoms with Crippen molar-refractivity contribution in [1.82, 2.24) is 14.8 Å². The minimum absolute atomic E-state index is 0.304. The van der Waals surface area contributed by atoms with Crippen molar-refractivity contribution in [2.24, 2.45) is 5.92 Å². The zero-order valence-electron chi connectivity index (χ0n) is 13.4. The lowest BCUT2D eigenvalue weighted by Gasteiger charge is -2.37. The number of piperazine rings is 1. The van der Waals surface area contributed by atoms with Crippen molar-refractivity contribution >= 4 is 11.7 Å². The van der Waals surface area contributed by atoms with Crippen LogP contribution in [0, 0.1) is 5.92 Å². The summed E-state index contributed by atoms with van der Waals surface area (Å²) in [5.41, 5.74) is 0. The van der Waals surface area contributed by atoms with Crippen LogP contribution in [-0.4, -0.2) is 66.5 Å². The van der Waals surface area contributed by atoms with E-state index in [2.05, 4.69) is 27.8 Å². The number of amides is 1. The van der Waals surface area contributed by atoms with Gasteiger partial charge in [0.1, 0.15) is 5.82 Å². The van der Waals surface area contributed by atoms with Crippen LogP contribution in [0.5, 0.6) is 0 Å². The molecule has 0 spiro atoms. The molecule has 2 aliphatic rings. The maximum atomic E-state index is 12.4. The third-order valence-electron chi connectivity index (χ3n) is 4.84. The Morgan fingerprint density at radius 3 is 2.50 bits per heavy atom. The van der Waals surface area contributed by atoms with Gasteiger partial charge >= 0.3 is 0 Å². The largest absolute Gasteiger partial charge is 0.354 e.